The van der Waals surface area contributed by atoms with Crippen LogP contribution < -0.4 is 5.09 Å². The van der Waals surface area contributed by atoms with Crippen LogP contribution >= 0.6 is 7.67 Å². The number of rotatable bonds is 16. The second-order valence-corrected chi connectivity index (χ2v) is 8.05. The Hall–Kier alpha value is -0.880. The predicted octanol–water partition coefficient (Wildman–Crippen LogP) is 2.87. The van der Waals surface area contributed by atoms with Crippen LogP contribution in [0.15, 0.2) is 0 Å². The molecule has 0 saturated carbocycles. The highest BCUT2D eigenvalue weighted by atomic mass is 31.2. The van der Waals surface area contributed by atoms with E-state index in [2.05, 4.69) is 5.09 Å². The molecule has 0 aromatic heterocycles. The van der Waals surface area contributed by atoms with E-state index >= 15 is 0 Å². The number of carbonyl (C=O) groups excluding carboxylic acids is 3. The fourth-order valence-electron chi connectivity index (χ4n) is 2.26. The molecule has 25 heavy (non-hydrogen) atoms. The largest absolute Gasteiger partial charge is 0.340 e. The van der Waals surface area contributed by atoms with Crippen molar-refractivity contribution >= 4 is 25.0 Å². The number of nitrogens with zero attached hydrogens (tertiary/aromatic N) is 1. The Morgan fingerprint density at radius 2 is 1.40 bits per heavy atom. The summed E-state index contributed by atoms with van der Waals surface area (Å²) in [5.74, 6) is 0.171. The zero-order valence-electron chi connectivity index (χ0n) is 15.8. The molecule has 0 aliphatic carbocycles. The summed E-state index contributed by atoms with van der Waals surface area (Å²) in [6.07, 6.45) is 3.31. The molecule has 0 aromatic carbocycles. The van der Waals surface area contributed by atoms with Crippen LogP contribution in [0.3, 0.4) is 0 Å². The monoisotopic (exact) mass is 376 g/mol. The van der Waals surface area contributed by atoms with Crippen molar-refractivity contribution in [1.82, 2.24) is 9.76 Å². The second-order valence-electron chi connectivity index (χ2n) is 6.08. The summed E-state index contributed by atoms with van der Waals surface area (Å²) in [6, 6.07) is 0. The summed E-state index contributed by atoms with van der Waals surface area (Å²) in [5.41, 5.74) is 0. The summed E-state index contributed by atoms with van der Waals surface area (Å²) in [4.78, 5) is 44.8. The Bertz CT molecular complexity index is 462. The molecule has 0 aliphatic rings. The van der Waals surface area contributed by atoms with Gasteiger partial charge in [-0.05, 0) is 12.8 Å². The van der Waals surface area contributed by atoms with Gasteiger partial charge in [-0.25, -0.2) is 9.76 Å². The third kappa shape index (κ3) is 11.4. The average Bonchev–Trinajstić information content (AvgIpc) is 2.58. The molecule has 8 heteroatoms. The molecule has 1 unspecified atom stereocenters. The smallest absolute Gasteiger partial charge is 0.322 e. The lowest BCUT2D eigenvalue weighted by atomic mass is 10.1. The van der Waals surface area contributed by atoms with E-state index in [1.54, 1.807) is 13.8 Å². The number of hydrogen-bond donors (Lipinski definition) is 2. The molecule has 0 heterocycles. The Kier molecular flexibility index (Phi) is 12.9. The molecule has 0 fully saturated rings. The van der Waals surface area contributed by atoms with E-state index in [0.29, 0.717) is 32.1 Å². The average molecular weight is 376 g/mol. The molecule has 2 N–H and O–H groups in total. The van der Waals surface area contributed by atoms with Crippen molar-refractivity contribution in [2.45, 2.75) is 72.1 Å². The van der Waals surface area contributed by atoms with Gasteiger partial charge >= 0.3 is 7.67 Å². The number of ketones is 3. The van der Waals surface area contributed by atoms with Crippen molar-refractivity contribution in [1.29, 1.82) is 0 Å². The van der Waals surface area contributed by atoms with Gasteiger partial charge in [-0.3, -0.25) is 18.9 Å². The highest BCUT2D eigenvalue weighted by Crippen LogP contribution is 2.40. The van der Waals surface area contributed by atoms with Gasteiger partial charge in [0.15, 0.2) is 0 Å². The SMILES string of the molecule is CCCC(=O)CCCNP(=O)(O)N(CCC(=O)CC)CCC(=O)CC. The van der Waals surface area contributed by atoms with E-state index < -0.39 is 7.67 Å². The highest BCUT2D eigenvalue weighted by Gasteiger charge is 2.28. The van der Waals surface area contributed by atoms with Gasteiger partial charge in [0.1, 0.15) is 17.3 Å². The molecule has 0 spiro atoms. The van der Waals surface area contributed by atoms with Crippen LogP contribution in [0.5, 0.6) is 0 Å². The second kappa shape index (κ2) is 13.3. The molecule has 7 nitrogen and oxygen atoms in total. The molecule has 0 saturated heterocycles. The van der Waals surface area contributed by atoms with Gasteiger partial charge in [-0.1, -0.05) is 20.8 Å². The summed E-state index contributed by atoms with van der Waals surface area (Å²) in [5, 5.41) is 2.60. The van der Waals surface area contributed by atoms with Crippen LogP contribution in [0.4, 0.5) is 0 Å². The van der Waals surface area contributed by atoms with Gasteiger partial charge in [0.05, 0.1) is 0 Å². The van der Waals surface area contributed by atoms with Gasteiger partial charge < -0.3 is 4.89 Å². The van der Waals surface area contributed by atoms with Gasteiger partial charge in [0.2, 0.25) is 0 Å². The Morgan fingerprint density at radius 3 is 1.84 bits per heavy atom. The molecular weight excluding hydrogens is 343 g/mol. The minimum atomic E-state index is -3.84. The van der Waals surface area contributed by atoms with Crippen molar-refractivity contribution in [3.63, 3.8) is 0 Å². The number of carbonyl (C=O) groups is 3. The van der Waals surface area contributed by atoms with Crippen LogP contribution in [-0.2, 0) is 18.9 Å². The van der Waals surface area contributed by atoms with Gasteiger partial charge in [-0.15, -0.1) is 0 Å². The summed E-state index contributed by atoms with van der Waals surface area (Å²) in [7, 11) is -3.84. The van der Waals surface area contributed by atoms with Crippen molar-refractivity contribution < 1.29 is 23.8 Å². The molecule has 1 atom stereocenters. The predicted molar refractivity (Wildman–Crippen MR) is 98.4 cm³/mol. The van der Waals surface area contributed by atoms with Crippen molar-refractivity contribution in [3.8, 4) is 0 Å². The fourth-order valence-corrected chi connectivity index (χ4v) is 3.65. The molecule has 146 valence electrons. The highest BCUT2D eigenvalue weighted by molar-refractivity contribution is 7.53. The third-order valence-corrected chi connectivity index (χ3v) is 5.75. The third-order valence-electron chi connectivity index (χ3n) is 3.95. The Morgan fingerprint density at radius 1 is 0.880 bits per heavy atom. The van der Waals surface area contributed by atoms with Crippen LogP contribution in [-0.4, -0.2) is 46.5 Å². The van der Waals surface area contributed by atoms with Crippen LogP contribution in [0.2, 0.25) is 0 Å². The van der Waals surface area contributed by atoms with E-state index in [9.17, 15) is 23.8 Å². The van der Waals surface area contributed by atoms with E-state index in [1.165, 1.54) is 4.67 Å². The number of Topliss-reactive ketones (excluding diaryl/α,β-unsaturated/α-hetero) is 3. The van der Waals surface area contributed by atoms with Crippen LogP contribution in [0, 0.1) is 0 Å². The molecule has 0 radical (unpaired) electrons. The summed E-state index contributed by atoms with van der Waals surface area (Å²) >= 11 is 0. The Balaban J connectivity index is 4.59. The molecule has 0 rings (SSSR count). The zero-order chi connectivity index (χ0) is 19.3. The fraction of sp³-hybridized carbons (Fsp3) is 0.824. The normalized spacial score (nSPS) is 13.6. The molecule has 0 amide bonds. The zero-order valence-corrected chi connectivity index (χ0v) is 16.6. The summed E-state index contributed by atoms with van der Waals surface area (Å²) < 4.78 is 13.8. The Labute approximate surface area is 151 Å². The molecular formula is C17H33N2O5P. The van der Waals surface area contributed by atoms with Crippen LogP contribution in [0.1, 0.15) is 72.1 Å². The lowest BCUT2D eigenvalue weighted by Crippen LogP contribution is -2.32. The first-order chi connectivity index (χ1) is 11.8. The van der Waals surface area contributed by atoms with E-state index in [-0.39, 0.29) is 49.8 Å². The maximum atomic E-state index is 12.5. The van der Waals surface area contributed by atoms with Crippen molar-refractivity contribution in [2.24, 2.45) is 0 Å². The first kappa shape index (κ1) is 24.1. The first-order valence-electron chi connectivity index (χ1n) is 9.15. The van der Waals surface area contributed by atoms with Gasteiger partial charge in [0, 0.05) is 58.2 Å². The number of nitrogens with one attached hydrogen (secondary N) is 1. The van der Waals surface area contributed by atoms with Crippen molar-refractivity contribution in [3.05, 3.63) is 0 Å². The first-order valence-corrected chi connectivity index (χ1v) is 10.8. The summed E-state index contributed by atoms with van der Waals surface area (Å²) in [6.45, 7) is 5.95. The van der Waals surface area contributed by atoms with Crippen molar-refractivity contribution in [2.75, 3.05) is 19.6 Å². The minimum Gasteiger partial charge on any atom is -0.322 e. The minimum absolute atomic E-state index is 0.0111. The van der Waals surface area contributed by atoms with E-state index in [4.69, 9.17) is 0 Å². The molecule has 0 aromatic rings. The van der Waals surface area contributed by atoms with E-state index in [1.807, 2.05) is 6.92 Å². The van der Waals surface area contributed by atoms with Gasteiger partial charge in [0.25, 0.3) is 0 Å². The molecule has 0 bridgehead atoms. The lowest BCUT2D eigenvalue weighted by Gasteiger charge is -2.27. The maximum Gasteiger partial charge on any atom is 0.340 e. The maximum absolute atomic E-state index is 12.5. The number of hydrogen-bond acceptors (Lipinski definition) is 4. The van der Waals surface area contributed by atoms with Gasteiger partial charge in [-0.2, -0.15) is 0 Å². The standard InChI is InChI=1S/C17H33N2O5P/c1-4-8-17(22)9-7-12-18-25(23,24)19(13-10-15(20)5-2)14-11-16(21)6-3/h4-14H2,1-3H3,(H2,18,23,24). The lowest BCUT2D eigenvalue weighted by molar-refractivity contribution is -0.120. The van der Waals surface area contributed by atoms with E-state index in [0.717, 1.165) is 6.42 Å². The van der Waals surface area contributed by atoms with Crippen LogP contribution in [0.25, 0.3) is 0 Å². The topological polar surface area (TPSA) is 104 Å². The quantitative estimate of drug-likeness (QED) is 0.315. The molecule has 0 aliphatic heterocycles.